The van der Waals surface area contributed by atoms with Gasteiger partial charge >= 0.3 is 0 Å². The van der Waals surface area contributed by atoms with Crippen LogP contribution in [-0.2, 0) is 9.47 Å². The van der Waals surface area contributed by atoms with Crippen LogP contribution >= 0.6 is 0 Å². The number of hydrogen-bond donors (Lipinski definition) is 0. The van der Waals surface area contributed by atoms with Crippen LogP contribution in [0.1, 0.15) is 16.8 Å². The van der Waals surface area contributed by atoms with Crippen molar-refractivity contribution < 1.29 is 19.0 Å². The van der Waals surface area contributed by atoms with E-state index < -0.39 is 0 Å². The van der Waals surface area contributed by atoms with Gasteiger partial charge in [0.1, 0.15) is 5.75 Å². The van der Waals surface area contributed by atoms with Gasteiger partial charge in [0.25, 0.3) is 5.91 Å². The number of rotatable bonds is 6. The van der Waals surface area contributed by atoms with Gasteiger partial charge in [-0.2, -0.15) is 0 Å². The highest BCUT2D eigenvalue weighted by Crippen LogP contribution is 2.23. The second-order valence-corrected chi connectivity index (χ2v) is 6.22. The predicted octanol–water partition coefficient (Wildman–Crippen LogP) is 2.63. The molecule has 1 fully saturated rings. The molecular formula is C20H24N2O4. The minimum atomic E-state index is 0.0334. The van der Waals surface area contributed by atoms with Crippen molar-refractivity contribution >= 4 is 5.91 Å². The summed E-state index contributed by atoms with van der Waals surface area (Å²) in [6.07, 6.45) is 4.28. The Labute approximate surface area is 153 Å². The van der Waals surface area contributed by atoms with Crippen LogP contribution in [0.4, 0.5) is 0 Å². The Morgan fingerprint density at radius 3 is 2.77 bits per heavy atom. The van der Waals surface area contributed by atoms with E-state index in [-0.39, 0.29) is 12.0 Å². The number of methoxy groups -OCH3 is 2. The maximum absolute atomic E-state index is 12.8. The molecule has 0 N–H and O–H groups in total. The third kappa shape index (κ3) is 4.39. The van der Waals surface area contributed by atoms with Gasteiger partial charge in [-0.25, -0.2) is 0 Å². The molecule has 138 valence electrons. The van der Waals surface area contributed by atoms with Crippen LogP contribution in [-0.4, -0.2) is 62.4 Å². The monoisotopic (exact) mass is 356 g/mol. The Kier molecular flexibility index (Phi) is 6.20. The van der Waals surface area contributed by atoms with Crippen LogP contribution in [0.5, 0.6) is 5.75 Å². The SMILES string of the molecule is COCC[C@H]1CN(C(=O)c2ccc(-c3cncc(OC)c3)cc2)CCO1. The molecule has 1 amide bonds. The van der Waals surface area contributed by atoms with E-state index in [1.165, 1.54) is 0 Å². The molecule has 2 heterocycles. The number of ether oxygens (including phenoxy) is 3. The van der Waals surface area contributed by atoms with Gasteiger partial charge in [-0.1, -0.05) is 12.1 Å². The summed E-state index contributed by atoms with van der Waals surface area (Å²) in [4.78, 5) is 18.8. The largest absolute Gasteiger partial charge is 0.495 e. The average molecular weight is 356 g/mol. The van der Waals surface area contributed by atoms with E-state index in [9.17, 15) is 4.79 Å². The highest BCUT2D eigenvalue weighted by atomic mass is 16.5. The van der Waals surface area contributed by atoms with Crippen molar-refractivity contribution in [3.05, 3.63) is 48.3 Å². The van der Waals surface area contributed by atoms with Crippen molar-refractivity contribution in [2.24, 2.45) is 0 Å². The van der Waals surface area contributed by atoms with Crippen molar-refractivity contribution in [3.63, 3.8) is 0 Å². The maximum atomic E-state index is 12.8. The first kappa shape index (κ1) is 18.4. The zero-order chi connectivity index (χ0) is 18.4. The van der Waals surface area contributed by atoms with Gasteiger partial charge in [0, 0.05) is 44.1 Å². The summed E-state index contributed by atoms with van der Waals surface area (Å²) in [7, 11) is 3.29. The Morgan fingerprint density at radius 2 is 2.04 bits per heavy atom. The molecule has 6 nitrogen and oxygen atoms in total. The number of aromatic nitrogens is 1. The molecule has 1 atom stereocenters. The number of morpholine rings is 1. The van der Waals surface area contributed by atoms with Gasteiger partial charge in [-0.3, -0.25) is 9.78 Å². The van der Waals surface area contributed by atoms with Crippen molar-refractivity contribution in [2.45, 2.75) is 12.5 Å². The normalized spacial score (nSPS) is 17.2. The fraction of sp³-hybridized carbons (Fsp3) is 0.400. The smallest absolute Gasteiger partial charge is 0.254 e. The molecule has 6 heteroatoms. The Balaban J connectivity index is 1.68. The maximum Gasteiger partial charge on any atom is 0.254 e. The molecule has 0 spiro atoms. The van der Waals surface area contributed by atoms with E-state index in [0.29, 0.717) is 37.6 Å². The van der Waals surface area contributed by atoms with Gasteiger partial charge in [0.05, 0.1) is 26.0 Å². The summed E-state index contributed by atoms with van der Waals surface area (Å²) in [6, 6.07) is 9.51. The molecule has 1 aliphatic rings. The predicted molar refractivity (Wildman–Crippen MR) is 98.4 cm³/mol. The molecule has 0 bridgehead atoms. The average Bonchev–Trinajstić information content (AvgIpc) is 2.72. The second kappa shape index (κ2) is 8.78. The highest BCUT2D eigenvalue weighted by Gasteiger charge is 2.24. The Hall–Kier alpha value is -2.44. The lowest BCUT2D eigenvalue weighted by atomic mass is 10.0. The summed E-state index contributed by atoms with van der Waals surface area (Å²) >= 11 is 0. The quantitative estimate of drug-likeness (QED) is 0.796. The van der Waals surface area contributed by atoms with Crippen LogP contribution in [0.3, 0.4) is 0 Å². The Morgan fingerprint density at radius 1 is 1.23 bits per heavy atom. The molecule has 1 aromatic carbocycles. The lowest BCUT2D eigenvalue weighted by Gasteiger charge is -2.33. The van der Waals surface area contributed by atoms with E-state index in [4.69, 9.17) is 14.2 Å². The lowest BCUT2D eigenvalue weighted by Crippen LogP contribution is -2.45. The summed E-state index contributed by atoms with van der Waals surface area (Å²) < 4.78 is 16.0. The van der Waals surface area contributed by atoms with Crippen LogP contribution in [0.25, 0.3) is 11.1 Å². The van der Waals surface area contributed by atoms with Crippen molar-refractivity contribution in [1.82, 2.24) is 9.88 Å². The first-order valence-electron chi connectivity index (χ1n) is 8.70. The molecule has 0 aliphatic carbocycles. The van der Waals surface area contributed by atoms with E-state index in [1.807, 2.05) is 35.2 Å². The zero-order valence-electron chi connectivity index (χ0n) is 15.2. The van der Waals surface area contributed by atoms with Crippen LogP contribution < -0.4 is 4.74 Å². The van der Waals surface area contributed by atoms with Crippen molar-refractivity contribution in [1.29, 1.82) is 0 Å². The molecule has 1 aliphatic heterocycles. The van der Waals surface area contributed by atoms with Gasteiger partial charge in [0.15, 0.2) is 0 Å². The molecule has 0 unspecified atom stereocenters. The fourth-order valence-corrected chi connectivity index (χ4v) is 3.00. The number of hydrogen-bond acceptors (Lipinski definition) is 5. The molecule has 1 aromatic heterocycles. The van der Waals surface area contributed by atoms with Crippen LogP contribution in [0, 0.1) is 0 Å². The van der Waals surface area contributed by atoms with Gasteiger partial charge < -0.3 is 19.1 Å². The van der Waals surface area contributed by atoms with Gasteiger partial charge in [-0.05, 0) is 30.2 Å². The number of carbonyl (C=O) groups is 1. The van der Waals surface area contributed by atoms with E-state index in [1.54, 1.807) is 26.6 Å². The van der Waals surface area contributed by atoms with E-state index in [0.717, 1.165) is 17.5 Å². The summed E-state index contributed by atoms with van der Waals surface area (Å²) in [5.74, 6) is 0.740. The standard InChI is InChI=1S/C20H24N2O4/c1-24-9-7-18-14-22(8-10-26-18)20(23)16-5-3-15(4-6-16)17-11-19(25-2)13-21-12-17/h3-6,11-13,18H,7-10,14H2,1-2H3/t18-/m0/s1. The van der Waals surface area contributed by atoms with E-state index >= 15 is 0 Å². The first-order chi connectivity index (χ1) is 12.7. The van der Waals surface area contributed by atoms with Crippen molar-refractivity contribution in [2.75, 3.05) is 40.5 Å². The van der Waals surface area contributed by atoms with Gasteiger partial charge in [-0.15, -0.1) is 0 Å². The van der Waals surface area contributed by atoms with E-state index in [2.05, 4.69) is 4.98 Å². The highest BCUT2D eigenvalue weighted by molar-refractivity contribution is 5.94. The summed E-state index contributed by atoms with van der Waals surface area (Å²) in [5.41, 5.74) is 2.62. The second-order valence-electron chi connectivity index (χ2n) is 6.22. The lowest BCUT2D eigenvalue weighted by molar-refractivity contribution is -0.0332. The molecule has 0 radical (unpaired) electrons. The number of pyridine rings is 1. The minimum absolute atomic E-state index is 0.0334. The topological polar surface area (TPSA) is 60.9 Å². The molecular weight excluding hydrogens is 332 g/mol. The molecule has 3 rings (SSSR count). The third-order valence-corrected chi connectivity index (χ3v) is 4.48. The number of benzene rings is 1. The van der Waals surface area contributed by atoms with Crippen LogP contribution in [0.15, 0.2) is 42.7 Å². The minimum Gasteiger partial charge on any atom is -0.495 e. The summed E-state index contributed by atoms with van der Waals surface area (Å²) in [5, 5.41) is 0. The third-order valence-electron chi connectivity index (χ3n) is 4.48. The molecule has 26 heavy (non-hydrogen) atoms. The fourth-order valence-electron chi connectivity index (χ4n) is 3.00. The zero-order valence-corrected chi connectivity index (χ0v) is 15.2. The van der Waals surface area contributed by atoms with Crippen molar-refractivity contribution in [3.8, 4) is 16.9 Å². The first-order valence-corrected chi connectivity index (χ1v) is 8.70. The number of amides is 1. The molecule has 0 saturated carbocycles. The molecule has 1 saturated heterocycles. The number of nitrogens with zero attached hydrogens (tertiary/aromatic N) is 2. The van der Waals surface area contributed by atoms with Crippen LogP contribution in [0.2, 0.25) is 0 Å². The number of carbonyl (C=O) groups excluding carboxylic acids is 1. The Bertz CT molecular complexity index is 733. The molecule has 2 aromatic rings. The summed E-state index contributed by atoms with van der Waals surface area (Å²) in [6.45, 7) is 2.41. The van der Waals surface area contributed by atoms with Gasteiger partial charge in [0.2, 0.25) is 0 Å².